The van der Waals surface area contributed by atoms with E-state index in [-0.39, 0.29) is 0 Å². The smallest absolute Gasteiger partial charge is 0.0719 e. The van der Waals surface area contributed by atoms with Crippen molar-refractivity contribution in [2.24, 2.45) is 0 Å². The van der Waals surface area contributed by atoms with Gasteiger partial charge >= 0.3 is 0 Å². The molecule has 8 aromatic carbocycles. The fraction of sp³-hybridized carbons (Fsp3) is 0. The molecule has 11 rings (SSSR count). The number of fused-ring (bicyclic) bond motifs is 10. The second kappa shape index (κ2) is 11.0. The van der Waals surface area contributed by atoms with Crippen molar-refractivity contribution in [2.75, 3.05) is 0 Å². The van der Waals surface area contributed by atoms with Crippen LogP contribution in [0.25, 0.3) is 97.4 Å². The second-order valence-electron chi connectivity index (χ2n) is 13.3. The van der Waals surface area contributed by atoms with Gasteiger partial charge in [0.25, 0.3) is 0 Å². The molecule has 2 nitrogen and oxygen atoms in total. The predicted octanol–water partition coefficient (Wildman–Crippen LogP) is 13.6. The Balaban J connectivity index is 1.24. The van der Waals surface area contributed by atoms with Crippen LogP contribution in [0.15, 0.2) is 182 Å². The number of nitrogens with zero attached hydrogens (tertiary/aromatic N) is 2. The Bertz CT molecular complexity index is 3110. The van der Waals surface area contributed by atoms with Gasteiger partial charge in [0, 0.05) is 48.4 Å². The van der Waals surface area contributed by atoms with Crippen molar-refractivity contribution < 1.29 is 0 Å². The number of hydrogen-bond donors (Lipinski definition) is 0. The first-order valence-electron chi connectivity index (χ1n) is 17.4. The molecular weight excluding hydrogens is 637 g/mol. The van der Waals surface area contributed by atoms with Gasteiger partial charge in [0.15, 0.2) is 0 Å². The third-order valence-electron chi connectivity index (χ3n) is 10.5. The van der Waals surface area contributed by atoms with Crippen LogP contribution < -0.4 is 0 Å². The number of benzene rings is 8. The highest BCUT2D eigenvalue weighted by molar-refractivity contribution is 7.26. The minimum absolute atomic E-state index is 1.16. The lowest BCUT2D eigenvalue weighted by molar-refractivity contribution is 1.17. The average Bonchev–Trinajstić information content (AvgIpc) is 3.85. The van der Waals surface area contributed by atoms with Crippen LogP contribution in [0.5, 0.6) is 0 Å². The predicted molar refractivity (Wildman–Crippen MR) is 219 cm³/mol. The Kier molecular flexibility index (Phi) is 6.16. The van der Waals surface area contributed by atoms with Gasteiger partial charge in [-0.1, -0.05) is 133 Å². The van der Waals surface area contributed by atoms with Crippen LogP contribution in [-0.4, -0.2) is 9.13 Å². The molecule has 0 radical (unpaired) electrons. The number of rotatable bonds is 4. The van der Waals surface area contributed by atoms with E-state index in [1.807, 2.05) is 11.3 Å². The van der Waals surface area contributed by atoms with Gasteiger partial charge in [-0.3, -0.25) is 0 Å². The second-order valence-corrected chi connectivity index (χ2v) is 14.4. The van der Waals surface area contributed by atoms with E-state index in [0.29, 0.717) is 0 Å². The van der Waals surface area contributed by atoms with E-state index in [4.69, 9.17) is 0 Å². The molecule has 0 spiro atoms. The van der Waals surface area contributed by atoms with Crippen LogP contribution in [0.4, 0.5) is 0 Å². The van der Waals surface area contributed by atoms with E-state index in [1.165, 1.54) is 91.7 Å². The summed E-state index contributed by atoms with van der Waals surface area (Å²) in [6.45, 7) is 0. The summed E-state index contributed by atoms with van der Waals surface area (Å²) in [5.41, 5.74) is 12.1. The number of para-hydroxylation sites is 2. The van der Waals surface area contributed by atoms with Crippen molar-refractivity contribution >= 4 is 75.1 Å². The molecule has 0 aliphatic heterocycles. The summed E-state index contributed by atoms with van der Waals surface area (Å²) in [4.78, 5) is 0. The maximum absolute atomic E-state index is 2.50. The first-order chi connectivity index (χ1) is 25.3. The zero-order chi connectivity index (χ0) is 33.5. The summed E-state index contributed by atoms with van der Waals surface area (Å²) in [7, 11) is 0. The zero-order valence-electron chi connectivity index (χ0n) is 27.6. The highest BCUT2D eigenvalue weighted by Gasteiger charge is 2.21. The van der Waals surface area contributed by atoms with Gasteiger partial charge in [0.05, 0.1) is 26.8 Å². The standard InChI is InChI=1S/C48H30N2S/c1-4-13-31(14-5-1)33-17-12-20-36(27-33)49-43-22-11-10-21-37(43)41-29-42-39-25-26-40-38-24-23-34(32-15-6-2-7-16-32)28-46(38)51-48(40)47(39)50(45(42)30-44(41)49)35-18-8-3-9-19-35/h1-30H. The van der Waals surface area contributed by atoms with Crippen LogP contribution in [0.1, 0.15) is 0 Å². The molecule has 3 heterocycles. The van der Waals surface area contributed by atoms with Gasteiger partial charge in [-0.15, -0.1) is 11.3 Å². The molecule has 0 aliphatic rings. The highest BCUT2D eigenvalue weighted by atomic mass is 32.1. The van der Waals surface area contributed by atoms with Gasteiger partial charge < -0.3 is 9.13 Å². The molecule has 0 aliphatic carbocycles. The monoisotopic (exact) mass is 666 g/mol. The maximum atomic E-state index is 2.50. The molecule has 3 aromatic heterocycles. The van der Waals surface area contributed by atoms with Crippen molar-refractivity contribution in [3.63, 3.8) is 0 Å². The summed E-state index contributed by atoms with van der Waals surface area (Å²) >= 11 is 1.91. The summed E-state index contributed by atoms with van der Waals surface area (Å²) in [5, 5.41) is 7.69. The van der Waals surface area contributed by atoms with Crippen LogP contribution >= 0.6 is 11.3 Å². The fourth-order valence-electron chi connectivity index (χ4n) is 8.18. The van der Waals surface area contributed by atoms with Gasteiger partial charge in [-0.25, -0.2) is 0 Å². The van der Waals surface area contributed by atoms with Crippen molar-refractivity contribution in [3.05, 3.63) is 182 Å². The SMILES string of the molecule is c1ccc(-c2cccc(-n3c4ccccc4c4cc5c6ccc7c8ccc(-c9ccccc9)cc8sc7c6n(-c6ccccc6)c5cc43)c2)cc1. The third kappa shape index (κ3) is 4.29. The summed E-state index contributed by atoms with van der Waals surface area (Å²) < 4.78 is 7.58. The van der Waals surface area contributed by atoms with E-state index in [2.05, 4.69) is 191 Å². The lowest BCUT2D eigenvalue weighted by Gasteiger charge is -2.11. The Morgan fingerprint density at radius 3 is 1.69 bits per heavy atom. The molecule has 0 fully saturated rings. The molecule has 0 unspecified atom stereocenters. The molecule has 0 bridgehead atoms. The average molecular weight is 667 g/mol. The minimum Gasteiger partial charge on any atom is -0.309 e. The van der Waals surface area contributed by atoms with Gasteiger partial charge in [-0.2, -0.15) is 0 Å². The maximum Gasteiger partial charge on any atom is 0.0719 e. The largest absolute Gasteiger partial charge is 0.309 e. The normalized spacial score (nSPS) is 11.9. The van der Waals surface area contributed by atoms with E-state index >= 15 is 0 Å². The number of aromatic nitrogens is 2. The Hall–Kier alpha value is -6.42. The van der Waals surface area contributed by atoms with E-state index in [0.717, 1.165) is 5.69 Å². The minimum atomic E-state index is 1.16. The molecule has 0 atom stereocenters. The van der Waals surface area contributed by atoms with Crippen molar-refractivity contribution in [2.45, 2.75) is 0 Å². The van der Waals surface area contributed by atoms with Crippen molar-refractivity contribution in [1.29, 1.82) is 0 Å². The third-order valence-corrected chi connectivity index (χ3v) is 11.7. The first kappa shape index (κ1) is 28.4. The van der Waals surface area contributed by atoms with Crippen LogP contribution in [-0.2, 0) is 0 Å². The van der Waals surface area contributed by atoms with Crippen LogP contribution in [0.2, 0.25) is 0 Å². The van der Waals surface area contributed by atoms with Gasteiger partial charge in [0.1, 0.15) is 0 Å². The van der Waals surface area contributed by atoms with Crippen molar-refractivity contribution in [1.82, 2.24) is 9.13 Å². The fourth-order valence-corrected chi connectivity index (χ4v) is 9.46. The molecule has 3 heteroatoms. The lowest BCUT2D eigenvalue weighted by atomic mass is 10.0. The van der Waals surface area contributed by atoms with Crippen molar-refractivity contribution in [3.8, 4) is 33.6 Å². The van der Waals surface area contributed by atoms with Crippen LogP contribution in [0.3, 0.4) is 0 Å². The summed E-state index contributed by atoms with van der Waals surface area (Å²) in [6, 6.07) is 66.5. The molecule has 238 valence electrons. The Labute approximate surface area is 298 Å². The van der Waals surface area contributed by atoms with E-state index in [1.54, 1.807) is 0 Å². The van der Waals surface area contributed by atoms with E-state index < -0.39 is 0 Å². The summed E-state index contributed by atoms with van der Waals surface area (Å²) in [6.07, 6.45) is 0. The Morgan fingerprint density at radius 2 is 0.902 bits per heavy atom. The zero-order valence-corrected chi connectivity index (χ0v) is 28.4. The molecule has 0 N–H and O–H groups in total. The topological polar surface area (TPSA) is 9.86 Å². The van der Waals surface area contributed by atoms with E-state index in [9.17, 15) is 0 Å². The first-order valence-corrected chi connectivity index (χ1v) is 18.3. The quantitative estimate of drug-likeness (QED) is 0.177. The van der Waals surface area contributed by atoms with Gasteiger partial charge in [-0.05, 0) is 70.8 Å². The molecule has 0 saturated carbocycles. The summed E-state index contributed by atoms with van der Waals surface area (Å²) in [5.74, 6) is 0. The lowest BCUT2D eigenvalue weighted by Crippen LogP contribution is -1.96. The number of thiophene rings is 1. The van der Waals surface area contributed by atoms with Crippen LogP contribution in [0, 0.1) is 0 Å². The Morgan fingerprint density at radius 1 is 0.314 bits per heavy atom. The number of hydrogen-bond acceptors (Lipinski definition) is 1. The van der Waals surface area contributed by atoms with Gasteiger partial charge in [0.2, 0.25) is 0 Å². The molecular formula is C48H30N2S. The molecule has 0 amide bonds. The highest BCUT2D eigenvalue weighted by Crippen LogP contribution is 2.46. The molecule has 0 saturated heterocycles. The molecule has 51 heavy (non-hydrogen) atoms. The molecule has 11 aromatic rings.